The molecule has 1 aliphatic heterocycles. The molecule has 12 heteroatoms. The number of hydrogen-bond acceptors (Lipinski definition) is 8. The second-order valence-corrected chi connectivity index (χ2v) is 8.27. The van der Waals surface area contributed by atoms with E-state index in [-0.39, 0.29) is 30.4 Å². The molecule has 4 rings (SSSR count). The van der Waals surface area contributed by atoms with Crippen LogP contribution < -0.4 is 21.3 Å². The number of H-pyrrole nitrogens is 1. The molecule has 2 aliphatic rings. The van der Waals surface area contributed by atoms with Gasteiger partial charge >= 0.3 is 0 Å². The molecule has 172 valence electrons. The Kier molecular flexibility index (Phi) is 6.04. The van der Waals surface area contributed by atoms with Gasteiger partial charge in [0, 0.05) is 31.8 Å². The van der Waals surface area contributed by atoms with Gasteiger partial charge in [0.1, 0.15) is 0 Å². The Morgan fingerprint density at radius 1 is 1.41 bits per heavy atom. The molecule has 2 aromatic heterocycles. The quantitative estimate of drug-likeness (QED) is 0.576. The number of alkyl halides is 2. The van der Waals surface area contributed by atoms with Crippen molar-refractivity contribution in [2.75, 3.05) is 30.7 Å². The van der Waals surface area contributed by atoms with Gasteiger partial charge in [-0.25, -0.2) is 13.8 Å². The Morgan fingerprint density at radius 2 is 2.19 bits per heavy atom. The zero-order valence-electron chi connectivity index (χ0n) is 17.6. The lowest BCUT2D eigenvalue weighted by Crippen LogP contribution is -2.52. The highest BCUT2D eigenvalue weighted by Gasteiger charge is 2.47. The van der Waals surface area contributed by atoms with Gasteiger partial charge in [-0.3, -0.25) is 14.5 Å². The molecule has 0 bridgehead atoms. The van der Waals surface area contributed by atoms with E-state index in [1.54, 1.807) is 24.0 Å². The smallest absolute Gasteiger partial charge is 0.290 e. The van der Waals surface area contributed by atoms with Crippen molar-refractivity contribution in [2.24, 2.45) is 5.92 Å². The SMILES string of the molecule is CC(C(=O)Nc1ccc(OCC2CC2)nn1)N1CCC(F)(F)[C@@H](c2c[nH]c(=O)c(N)n2)C1. The average Bonchev–Trinajstić information content (AvgIpc) is 3.59. The van der Waals surface area contributed by atoms with E-state index >= 15 is 0 Å². The summed E-state index contributed by atoms with van der Waals surface area (Å²) < 4.78 is 34.7. The molecule has 2 fully saturated rings. The summed E-state index contributed by atoms with van der Waals surface area (Å²) >= 11 is 0. The first-order chi connectivity index (χ1) is 15.2. The summed E-state index contributed by atoms with van der Waals surface area (Å²) in [4.78, 5) is 31.9. The Morgan fingerprint density at radius 3 is 2.84 bits per heavy atom. The van der Waals surface area contributed by atoms with Gasteiger partial charge in [-0.1, -0.05) is 0 Å². The van der Waals surface area contributed by atoms with Crippen molar-refractivity contribution in [3.8, 4) is 5.88 Å². The molecule has 2 atom stereocenters. The summed E-state index contributed by atoms with van der Waals surface area (Å²) in [7, 11) is 0. The summed E-state index contributed by atoms with van der Waals surface area (Å²) in [5, 5.41) is 10.5. The van der Waals surface area contributed by atoms with Crippen molar-refractivity contribution in [3.05, 3.63) is 34.4 Å². The standard InChI is InChI=1S/C20H25F2N7O3/c1-11(18(30)26-15-4-5-16(28-27-15)32-10-12-2-3-12)29-7-6-20(21,22)13(9-29)14-8-24-19(31)17(23)25-14/h4-5,8,11-13H,2-3,6-7,9-10H2,1H3,(H2,23,25)(H,24,31)(H,26,27,30)/t11?,13-/m1/s1. The third-order valence-corrected chi connectivity index (χ3v) is 5.83. The molecule has 1 saturated carbocycles. The third-order valence-electron chi connectivity index (χ3n) is 5.83. The number of nitrogen functional groups attached to an aromatic ring is 1. The van der Waals surface area contributed by atoms with Gasteiger partial charge in [0.25, 0.3) is 11.5 Å². The number of aromatic nitrogens is 4. The summed E-state index contributed by atoms with van der Waals surface area (Å²) in [6, 6.07) is 2.50. The summed E-state index contributed by atoms with van der Waals surface area (Å²) in [6.07, 6.45) is 3.01. The lowest BCUT2D eigenvalue weighted by molar-refractivity contribution is -0.125. The van der Waals surface area contributed by atoms with Crippen LogP contribution in [-0.4, -0.2) is 62.6 Å². The van der Waals surface area contributed by atoms with Gasteiger partial charge < -0.3 is 20.8 Å². The Bertz CT molecular complexity index is 1030. The number of piperidine rings is 1. The second kappa shape index (κ2) is 8.77. The number of ether oxygens (including phenoxy) is 1. The minimum absolute atomic E-state index is 0.0166. The predicted octanol–water partition coefficient (Wildman–Crippen LogP) is 1.38. The van der Waals surface area contributed by atoms with E-state index in [4.69, 9.17) is 10.5 Å². The number of anilines is 2. The molecule has 3 heterocycles. The van der Waals surface area contributed by atoms with Gasteiger partial charge in [0.05, 0.1) is 24.3 Å². The van der Waals surface area contributed by atoms with Crippen LogP contribution >= 0.6 is 0 Å². The molecule has 0 spiro atoms. The van der Waals surface area contributed by atoms with Crippen molar-refractivity contribution in [2.45, 2.75) is 44.1 Å². The molecule has 0 aromatic carbocycles. The number of hydrogen-bond donors (Lipinski definition) is 3. The fourth-order valence-corrected chi connectivity index (χ4v) is 3.55. The molecule has 10 nitrogen and oxygen atoms in total. The van der Waals surface area contributed by atoms with E-state index in [2.05, 4.69) is 25.5 Å². The average molecular weight is 449 g/mol. The number of halogens is 2. The second-order valence-electron chi connectivity index (χ2n) is 8.27. The van der Waals surface area contributed by atoms with Gasteiger partial charge in [-0.15, -0.1) is 10.2 Å². The number of nitrogens with one attached hydrogen (secondary N) is 2. The molecule has 1 aliphatic carbocycles. The normalized spacial score (nSPS) is 21.7. The molecule has 0 radical (unpaired) electrons. The molecule has 4 N–H and O–H groups in total. The zero-order valence-corrected chi connectivity index (χ0v) is 17.6. The summed E-state index contributed by atoms with van der Waals surface area (Å²) in [5.41, 5.74) is 4.84. The first-order valence-corrected chi connectivity index (χ1v) is 10.5. The topological polar surface area (TPSA) is 139 Å². The molecule has 1 amide bonds. The molecule has 32 heavy (non-hydrogen) atoms. The number of rotatable bonds is 7. The lowest BCUT2D eigenvalue weighted by Gasteiger charge is -2.40. The van der Waals surface area contributed by atoms with E-state index in [1.807, 2.05) is 0 Å². The van der Waals surface area contributed by atoms with Crippen molar-refractivity contribution in [1.82, 2.24) is 25.1 Å². The van der Waals surface area contributed by atoms with Gasteiger partial charge in [0.2, 0.25) is 11.8 Å². The number of amides is 1. The van der Waals surface area contributed by atoms with Crippen molar-refractivity contribution in [3.63, 3.8) is 0 Å². The zero-order chi connectivity index (χ0) is 22.9. The van der Waals surface area contributed by atoms with Crippen LogP contribution in [0.2, 0.25) is 0 Å². The van der Waals surface area contributed by atoms with Crippen LogP contribution in [0.1, 0.15) is 37.8 Å². The highest BCUT2D eigenvalue weighted by molar-refractivity contribution is 5.93. The summed E-state index contributed by atoms with van der Waals surface area (Å²) in [5.74, 6) is -3.92. The van der Waals surface area contributed by atoms with Crippen LogP contribution in [0, 0.1) is 5.92 Å². The molecule has 1 unspecified atom stereocenters. The number of likely N-dealkylation sites (tertiary alicyclic amines) is 1. The van der Waals surface area contributed by atoms with Crippen LogP contribution in [0.15, 0.2) is 23.1 Å². The number of carbonyl (C=O) groups is 1. The minimum Gasteiger partial charge on any atom is -0.476 e. The highest BCUT2D eigenvalue weighted by Crippen LogP contribution is 2.40. The van der Waals surface area contributed by atoms with Crippen molar-refractivity contribution >= 4 is 17.5 Å². The third kappa shape index (κ3) is 5.01. The van der Waals surface area contributed by atoms with Crippen LogP contribution in [0.3, 0.4) is 0 Å². The Balaban J connectivity index is 1.39. The fraction of sp³-hybridized carbons (Fsp3) is 0.550. The van der Waals surface area contributed by atoms with Gasteiger partial charge in [0.15, 0.2) is 11.6 Å². The maximum atomic E-state index is 14.6. The number of aromatic amines is 1. The number of carbonyl (C=O) groups excluding carboxylic acids is 1. The largest absolute Gasteiger partial charge is 0.476 e. The molecule has 2 aromatic rings. The van der Waals surface area contributed by atoms with Crippen LogP contribution in [0.25, 0.3) is 0 Å². The van der Waals surface area contributed by atoms with E-state index in [0.29, 0.717) is 18.4 Å². The summed E-state index contributed by atoms with van der Waals surface area (Å²) in [6.45, 7) is 2.13. The van der Waals surface area contributed by atoms with E-state index < -0.39 is 35.8 Å². The Hall–Kier alpha value is -3.15. The fourth-order valence-electron chi connectivity index (χ4n) is 3.55. The van der Waals surface area contributed by atoms with E-state index in [1.165, 1.54) is 0 Å². The highest BCUT2D eigenvalue weighted by atomic mass is 19.3. The predicted molar refractivity (Wildman–Crippen MR) is 111 cm³/mol. The minimum atomic E-state index is -3.05. The van der Waals surface area contributed by atoms with Crippen LogP contribution in [0.4, 0.5) is 20.4 Å². The number of nitrogens with two attached hydrogens (primary N) is 1. The number of nitrogens with zero attached hydrogens (tertiary/aromatic N) is 4. The molecular weight excluding hydrogens is 424 g/mol. The molecule has 1 saturated heterocycles. The first kappa shape index (κ1) is 22.1. The maximum Gasteiger partial charge on any atom is 0.290 e. The van der Waals surface area contributed by atoms with E-state index in [0.717, 1.165) is 19.0 Å². The monoisotopic (exact) mass is 449 g/mol. The van der Waals surface area contributed by atoms with E-state index in [9.17, 15) is 18.4 Å². The maximum absolute atomic E-state index is 14.6. The first-order valence-electron chi connectivity index (χ1n) is 10.5. The Labute approximate surface area is 182 Å². The molecular formula is C20H25F2N7O3. The lowest BCUT2D eigenvalue weighted by atomic mass is 9.90. The van der Waals surface area contributed by atoms with Crippen LogP contribution in [-0.2, 0) is 4.79 Å². The van der Waals surface area contributed by atoms with Crippen molar-refractivity contribution < 1.29 is 18.3 Å². The van der Waals surface area contributed by atoms with Gasteiger partial charge in [-0.2, -0.15) is 0 Å². The van der Waals surface area contributed by atoms with Crippen LogP contribution in [0.5, 0.6) is 5.88 Å². The van der Waals surface area contributed by atoms with Crippen molar-refractivity contribution in [1.29, 1.82) is 0 Å². The van der Waals surface area contributed by atoms with Gasteiger partial charge in [-0.05, 0) is 31.7 Å².